The molecule has 1 N–H and O–H groups in total. The highest BCUT2D eigenvalue weighted by molar-refractivity contribution is 6.17. The van der Waals surface area contributed by atoms with Crippen molar-refractivity contribution in [1.29, 1.82) is 0 Å². The number of esters is 1. The third kappa shape index (κ3) is 2.90. The topological polar surface area (TPSA) is 67.9 Å². The second-order valence-corrected chi connectivity index (χ2v) is 6.89. The SMILES string of the molecule is COC(=O)c1ccc2[nH]c3ncc(-c4ccc(F)cc4)c(-c4ccncc4)c3c2c1. The summed E-state index contributed by atoms with van der Waals surface area (Å²) < 4.78 is 18.4. The van der Waals surface area contributed by atoms with E-state index in [1.807, 2.05) is 18.2 Å². The van der Waals surface area contributed by atoms with Crippen LogP contribution >= 0.6 is 0 Å². The molecule has 0 aliphatic heterocycles. The number of methoxy groups -OCH3 is 1. The van der Waals surface area contributed by atoms with Crippen molar-refractivity contribution >= 4 is 27.9 Å². The lowest BCUT2D eigenvalue weighted by Gasteiger charge is -2.12. The Labute approximate surface area is 171 Å². The fourth-order valence-corrected chi connectivity index (χ4v) is 3.77. The van der Waals surface area contributed by atoms with Crippen LogP contribution in [-0.2, 0) is 4.74 Å². The van der Waals surface area contributed by atoms with Crippen LogP contribution in [0.25, 0.3) is 44.2 Å². The lowest BCUT2D eigenvalue weighted by Crippen LogP contribution is -2.00. The van der Waals surface area contributed by atoms with Crippen LogP contribution in [0.5, 0.6) is 0 Å². The lowest BCUT2D eigenvalue weighted by atomic mass is 9.93. The number of halogens is 1. The van der Waals surface area contributed by atoms with Crippen molar-refractivity contribution in [1.82, 2.24) is 15.0 Å². The molecule has 0 spiro atoms. The molecule has 0 bridgehead atoms. The number of nitrogens with zero attached hydrogens (tertiary/aromatic N) is 2. The van der Waals surface area contributed by atoms with Gasteiger partial charge in [0.05, 0.1) is 12.7 Å². The number of aromatic nitrogens is 3. The van der Waals surface area contributed by atoms with E-state index in [0.717, 1.165) is 38.5 Å². The molecule has 0 aliphatic carbocycles. The van der Waals surface area contributed by atoms with E-state index in [9.17, 15) is 9.18 Å². The van der Waals surface area contributed by atoms with Gasteiger partial charge in [0.15, 0.2) is 0 Å². The van der Waals surface area contributed by atoms with Crippen LogP contribution in [-0.4, -0.2) is 28.0 Å². The Bertz CT molecular complexity index is 1390. The molecule has 0 aliphatic rings. The maximum absolute atomic E-state index is 13.5. The minimum atomic E-state index is -0.403. The molecular formula is C24H16FN3O2. The Morgan fingerprint density at radius 3 is 2.50 bits per heavy atom. The Morgan fingerprint density at radius 2 is 1.77 bits per heavy atom. The van der Waals surface area contributed by atoms with E-state index in [0.29, 0.717) is 11.2 Å². The van der Waals surface area contributed by atoms with Gasteiger partial charge in [0.2, 0.25) is 0 Å². The third-order valence-corrected chi connectivity index (χ3v) is 5.17. The van der Waals surface area contributed by atoms with Gasteiger partial charge in [0.25, 0.3) is 0 Å². The van der Waals surface area contributed by atoms with Crippen molar-refractivity contribution in [2.75, 3.05) is 7.11 Å². The highest BCUT2D eigenvalue weighted by Crippen LogP contribution is 2.40. The van der Waals surface area contributed by atoms with Crippen LogP contribution in [0.2, 0.25) is 0 Å². The van der Waals surface area contributed by atoms with Crippen LogP contribution in [0.15, 0.2) is 73.2 Å². The number of rotatable bonds is 3. The summed E-state index contributed by atoms with van der Waals surface area (Å²) >= 11 is 0. The van der Waals surface area contributed by atoms with Crippen molar-refractivity contribution in [2.24, 2.45) is 0 Å². The Morgan fingerprint density at radius 1 is 1.00 bits per heavy atom. The number of fused-ring (bicyclic) bond motifs is 3. The van der Waals surface area contributed by atoms with Gasteiger partial charge in [0.1, 0.15) is 11.5 Å². The molecule has 0 saturated heterocycles. The summed E-state index contributed by atoms with van der Waals surface area (Å²) in [4.78, 5) is 24.2. The largest absolute Gasteiger partial charge is 0.465 e. The van der Waals surface area contributed by atoms with Gasteiger partial charge in [-0.2, -0.15) is 0 Å². The first-order valence-corrected chi connectivity index (χ1v) is 9.35. The maximum Gasteiger partial charge on any atom is 0.337 e. The summed E-state index contributed by atoms with van der Waals surface area (Å²) in [6.07, 6.45) is 5.23. The summed E-state index contributed by atoms with van der Waals surface area (Å²) in [7, 11) is 1.36. The quantitative estimate of drug-likeness (QED) is 0.416. The van der Waals surface area contributed by atoms with Gasteiger partial charge in [-0.3, -0.25) is 4.98 Å². The van der Waals surface area contributed by atoms with Crippen LogP contribution in [0.4, 0.5) is 4.39 Å². The molecule has 30 heavy (non-hydrogen) atoms. The van der Waals surface area contributed by atoms with Gasteiger partial charge in [-0.15, -0.1) is 0 Å². The van der Waals surface area contributed by atoms with Gasteiger partial charge < -0.3 is 9.72 Å². The van der Waals surface area contributed by atoms with Gasteiger partial charge in [-0.25, -0.2) is 14.2 Å². The van der Waals surface area contributed by atoms with E-state index < -0.39 is 5.97 Å². The van der Waals surface area contributed by atoms with Gasteiger partial charge in [0, 0.05) is 46.0 Å². The monoisotopic (exact) mass is 397 g/mol. The summed E-state index contributed by atoms with van der Waals surface area (Å²) in [5, 5.41) is 1.74. The predicted octanol–water partition coefficient (Wildman–Crippen LogP) is 5.37. The number of ether oxygens (including phenoxy) is 1. The zero-order valence-corrected chi connectivity index (χ0v) is 16.0. The molecule has 3 aromatic heterocycles. The van der Waals surface area contributed by atoms with Crippen molar-refractivity contribution in [3.63, 3.8) is 0 Å². The maximum atomic E-state index is 13.5. The first-order chi connectivity index (χ1) is 14.7. The van der Waals surface area contributed by atoms with Crippen LogP contribution in [0.1, 0.15) is 10.4 Å². The zero-order chi connectivity index (χ0) is 20.7. The molecule has 0 radical (unpaired) electrons. The molecule has 0 unspecified atom stereocenters. The average Bonchev–Trinajstić information content (AvgIpc) is 3.17. The van der Waals surface area contributed by atoms with Gasteiger partial charge >= 0.3 is 5.97 Å². The molecule has 5 aromatic rings. The second kappa shape index (κ2) is 7.08. The highest BCUT2D eigenvalue weighted by atomic mass is 19.1. The standard InChI is InChI=1S/C24H16FN3O2/c1-30-24(29)16-4-7-20-18(12-16)22-21(15-8-10-26-11-9-15)19(13-27-23(22)28-20)14-2-5-17(25)6-3-14/h2-13H,1H3,(H,27,28). The molecule has 5 rings (SSSR count). The van der Waals surface area contributed by atoms with E-state index in [4.69, 9.17) is 4.74 Å². The smallest absolute Gasteiger partial charge is 0.337 e. The zero-order valence-electron chi connectivity index (χ0n) is 16.0. The van der Waals surface area contributed by atoms with Crippen molar-refractivity contribution in [2.45, 2.75) is 0 Å². The number of aromatic amines is 1. The number of benzene rings is 2. The molecule has 2 aromatic carbocycles. The first-order valence-electron chi connectivity index (χ1n) is 9.35. The summed E-state index contributed by atoms with van der Waals surface area (Å²) in [6.45, 7) is 0. The molecule has 3 heterocycles. The average molecular weight is 397 g/mol. The Kier molecular flexibility index (Phi) is 4.25. The summed E-state index contributed by atoms with van der Waals surface area (Å²) in [5.41, 5.74) is 5.60. The molecule has 6 heteroatoms. The minimum absolute atomic E-state index is 0.298. The molecule has 5 nitrogen and oxygen atoms in total. The van der Waals surface area contributed by atoms with Crippen molar-refractivity contribution in [3.8, 4) is 22.3 Å². The Hall–Kier alpha value is -4.06. The number of nitrogens with one attached hydrogen (secondary N) is 1. The van der Waals surface area contributed by atoms with E-state index in [1.54, 1.807) is 42.9 Å². The number of carbonyl (C=O) groups excluding carboxylic acids is 1. The van der Waals surface area contributed by atoms with Crippen LogP contribution in [0, 0.1) is 5.82 Å². The number of carbonyl (C=O) groups is 1. The molecule has 0 fully saturated rings. The van der Waals surface area contributed by atoms with Crippen LogP contribution in [0.3, 0.4) is 0 Å². The highest BCUT2D eigenvalue weighted by Gasteiger charge is 2.18. The van der Waals surface area contributed by atoms with Crippen LogP contribution < -0.4 is 0 Å². The number of H-pyrrole nitrogens is 1. The van der Waals surface area contributed by atoms with Gasteiger partial charge in [-0.05, 0) is 53.6 Å². The van der Waals surface area contributed by atoms with E-state index in [2.05, 4.69) is 15.0 Å². The van der Waals surface area contributed by atoms with E-state index in [1.165, 1.54) is 19.2 Å². The lowest BCUT2D eigenvalue weighted by molar-refractivity contribution is 0.0601. The van der Waals surface area contributed by atoms with Crippen molar-refractivity contribution < 1.29 is 13.9 Å². The fraction of sp³-hybridized carbons (Fsp3) is 0.0417. The fourth-order valence-electron chi connectivity index (χ4n) is 3.77. The summed E-state index contributed by atoms with van der Waals surface area (Å²) in [6, 6.07) is 15.5. The molecule has 0 amide bonds. The minimum Gasteiger partial charge on any atom is -0.465 e. The summed E-state index contributed by atoms with van der Waals surface area (Å²) in [5.74, 6) is -0.701. The molecule has 146 valence electrons. The molecule has 0 atom stereocenters. The normalized spacial score (nSPS) is 11.1. The van der Waals surface area contributed by atoms with E-state index in [-0.39, 0.29) is 5.82 Å². The first kappa shape index (κ1) is 18.0. The van der Waals surface area contributed by atoms with E-state index >= 15 is 0 Å². The molecule has 0 saturated carbocycles. The number of hydrogen-bond donors (Lipinski definition) is 1. The number of pyridine rings is 2. The second-order valence-electron chi connectivity index (χ2n) is 6.89. The Balaban J connectivity index is 1.90. The van der Waals surface area contributed by atoms with Crippen molar-refractivity contribution in [3.05, 3.63) is 84.6 Å². The molecular weight excluding hydrogens is 381 g/mol. The van der Waals surface area contributed by atoms with Gasteiger partial charge in [-0.1, -0.05) is 12.1 Å². The third-order valence-electron chi connectivity index (χ3n) is 5.17. The predicted molar refractivity (Wildman–Crippen MR) is 114 cm³/mol. The number of hydrogen-bond acceptors (Lipinski definition) is 4.